The summed E-state index contributed by atoms with van der Waals surface area (Å²) in [5.41, 5.74) is 1.25. The number of hydrogen-bond acceptors (Lipinski definition) is 7. The van der Waals surface area contributed by atoms with Crippen molar-refractivity contribution >= 4 is 5.82 Å². The smallest absolute Gasteiger partial charge is 0.159 e. The molecule has 180 valence electrons. The van der Waals surface area contributed by atoms with E-state index in [4.69, 9.17) is 9.47 Å². The monoisotopic (exact) mass is 462 g/mol. The second-order valence-corrected chi connectivity index (χ2v) is 9.00. The average Bonchev–Trinajstić information content (AvgIpc) is 3.30. The third kappa shape index (κ3) is 5.81. The van der Waals surface area contributed by atoms with Crippen LogP contribution in [0.3, 0.4) is 0 Å². The predicted molar refractivity (Wildman–Crippen MR) is 131 cm³/mol. The molecule has 2 fully saturated rings. The van der Waals surface area contributed by atoms with Crippen molar-refractivity contribution in [2.75, 3.05) is 57.4 Å². The lowest BCUT2D eigenvalue weighted by atomic mass is 9.95. The van der Waals surface area contributed by atoms with Crippen LogP contribution in [0.25, 0.3) is 0 Å². The largest absolute Gasteiger partial charge is 0.379 e. The first-order chi connectivity index (χ1) is 16.9. The number of benzene rings is 1. The SMILES string of the molecule is c1ccc(Cn2c(COCCN3CCOCC3)nnc2C2CCN(c3ccccn3)CC2)cc1. The summed E-state index contributed by atoms with van der Waals surface area (Å²) in [7, 11) is 0. The number of hydrogen-bond donors (Lipinski definition) is 0. The molecule has 0 bridgehead atoms. The lowest BCUT2D eigenvalue weighted by Crippen LogP contribution is -2.38. The van der Waals surface area contributed by atoms with Crippen molar-refractivity contribution in [3.63, 3.8) is 0 Å². The molecule has 8 heteroatoms. The van der Waals surface area contributed by atoms with Gasteiger partial charge in [0.1, 0.15) is 18.2 Å². The van der Waals surface area contributed by atoms with E-state index in [1.807, 2.05) is 12.3 Å². The lowest BCUT2D eigenvalue weighted by molar-refractivity contribution is 0.0169. The van der Waals surface area contributed by atoms with Crippen molar-refractivity contribution in [3.8, 4) is 0 Å². The van der Waals surface area contributed by atoms with Gasteiger partial charge in [-0.05, 0) is 30.5 Å². The maximum atomic E-state index is 6.05. The van der Waals surface area contributed by atoms with Crippen molar-refractivity contribution in [2.45, 2.75) is 31.9 Å². The van der Waals surface area contributed by atoms with Crippen molar-refractivity contribution in [3.05, 3.63) is 71.9 Å². The topological polar surface area (TPSA) is 68.5 Å². The molecule has 1 aromatic carbocycles. The van der Waals surface area contributed by atoms with Crippen LogP contribution in [0.2, 0.25) is 0 Å². The highest BCUT2D eigenvalue weighted by atomic mass is 16.5. The fourth-order valence-electron chi connectivity index (χ4n) is 4.79. The van der Waals surface area contributed by atoms with Crippen LogP contribution in [0.15, 0.2) is 54.7 Å². The Hall–Kier alpha value is -2.81. The molecule has 5 rings (SSSR count). The molecule has 34 heavy (non-hydrogen) atoms. The Balaban J connectivity index is 1.24. The van der Waals surface area contributed by atoms with Crippen LogP contribution in [0, 0.1) is 0 Å². The third-order valence-electron chi connectivity index (χ3n) is 6.76. The lowest BCUT2D eigenvalue weighted by Gasteiger charge is -2.32. The number of anilines is 1. The second kappa shape index (κ2) is 11.6. The minimum absolute atomic E-state index is 0.387. The van der Waals surface area contributed by atoms with E-state index in [-0.39, 0.29) is 0 Å². The van der Waals surface area contributed by atoms with Gasteiger partial charge in [-0.2, -0.15) is 0 Å². The van der Waals surface area contributed by atoms with Gasteiger partial charge in [0.15, 0.2) is 5.82 Å². The minimum Gasteiger partial charge on any atom is -0.379 e. The minimum atomic E-state index is 0.387. The number of nitrogens with zero attached hydrogens (tertiary/aromatic N) is 6. The molecule has 4 heterocycles. The molecule has 3 aromatic rings. The van der Waals surface area contributed by atoms with Crippen LogP contribution in [0.5, 0.6) is 0 Å². The van der Waals surface area contributed by atoms with Crippen LogP contribution < -0.4 is 4.90 Å². The first-order valence-electron chi connectivity index (χ1n) is 12.4. The molecule has 0 unspecified atom stereocenters. The summed E-state index contributed by atoms with van der Waals surface area (Å²) >= 11 is 0. The number of rotatable bonds is 9. The van der Waals surface area contributed by atoms with Crippen LogP contribution in [0.4, 0.5) is 5.82 Å². The molecule has 2 aliphatic rings. The van der Waals surface area contributed by atoms with Gasteiger partial charge in [-0.1, -0.05) is 36.4 Å². The van der Waals surface area contributed by atoms with E-state index in [1.54, 1.807) is 0 Å². The van der Waals surface area contributed by atoms with Crippen molar-refractivity contribution < 1.29 is 9.47 Å². The summed E-state index contributed by atoms with van der Waals surface area (Å²) < 4.78 is 13.8. The van der Waals surface area contributed by atoms with Gasteiger partial charge in [-0.15, -0.1) is 10.2 Å². The van der Waals surface area contributed by atoms with Gasteiger partial charge in [-0.25, -0.2) is 4.98 Å². The van der Waals surface area contributed by atoms with E-state index in [1.165, 1.54) is 5.56 Å². The molecule has 0 spiro atoms. The average molecular weight is 463 g/mol. The standard InChI is InChI=1S/C26H34N6O2/c1-2-6-22(7-3-1)20-32-25(21-34-19-16-30-14-17-33-18-15-30)28-29-26(32)23-9-12-31(13-10-23)24-8-4-5-11-27-24/h1-8,11,23H,9-10,12-21H2. The highest BCUT2D eigenvalue weighted by Crippen LogP contribution is 2.29. The van der Waals surface area contributed by atoms with Crippen molar-refractivity contribution in [1.29, 1.82) is 0 Å². The van der Waals surface area contributed by atoms with Crippen LogP contribution in [-0.4, -0.2) is 77.2 Å². The molecule has 0 saturated carbocycles. The fourth-order valence-corrected chi connectivity index (χ4v) is 4.79. The van der Waals surface area contributed by atoms with Crippen molar-refractivity contribution in [1.82, 2.24) is 24.6 Å². The van der Waals surface area contributed by atoms with Gasteiger partial charge in [0.2, 0.25) is 0 Å². The first kappa shape index (κ1) is 23.0. The molecule has 0 aliphatic carbocycles. The van der Waals surface area contributed by atoms with Gasteiger partial charge in [-0.3, -0.25) is 4.90 Å². The third-order valence-corrected chi connectivity index (χ3v) is 6.76. The Bertz CT molecular complexity index is 999. The van der Waals surface area contributed by atoms with Crippen molar-refractivity contribution in [2.24, 2.45) is 0 Å². The number of morpholine rings is 1. The van der Waals surface area contributed by atoms with Gasteiger partial charge < -0.3 is 18.9 Å². The molecule has 2 aliphatic heterocycles. The van der Waals surface area contributed by atoms with E-state index in [0.717, 1.165) is 82.8 Å². The second-order valence-electron chi connectivity index (χ2n) is 9.00. The Kier molecular flexibility index (Phi) is 7.80. The number of ether oxygens (including phenoxy) is 2. The van der Waals surface area contributed by atoms with E-state index in [0.29, 0.717) is 19.1 Å². The molecule has 0 amide bonds. The van der Waals surface area contributed by atoms with E-state index < -0.39 is 0 Å². The summed E-state index contributed by atoms with van der Waals surface area (Å²) in [6.07, 6.45) is 3.95. The number of piperidine rings is 1. The number of pyridine rings is 1. The Morgan fingerprint density at radius 1 is 0.912 bits per heavy atom. The maximum Gasteiger partial charge on any atom is 0.159 e. The molecule has 2 saturated heterocycles. The highest BCUT2D eigenvalue weighted by molar-refractivity contribution is 5.38. The first-order valence-corrected chi connectivity index (χ1v) is 12.4. The zero-order chi connectivity index (χ0) is 23.0. The zero-order valence-corrected chi connectivity index (χ0v) is 19.8. The van der Waals surface area contributed by atoms with Gasteiger partial charge in [0, 0.05) is 44.8 Å². The summed E-state index contributed by atoms with van der Waals surface area (Å²) in [4.78, 5) is 9.27. The molecule has 2 aromatic heterocycles. The van der Waals surface area contributed by atoms with Gasteiger partial charge in [0.05, 0.1) is 26.4 Å². The molecular weight excluding hydrogens is 428 g/mol. The predicted octanol–water partition coefficient (Wildman–Crippen LogP) is 2.95. The van der Waals surface area contributed by atoms with Gasteiger partial charge in [0.25, 0.3) is 0 Å². The summed E-state index contributed by atoms with van der Waals surface area (Å²) in [6, 6.07) is 16.7. The van der Waals surface area contributed by atoms with Gasteiger partial charge >= 0.3 is 0 Å². The quantitative estimate of drug-likeness (QED) is 0.453. The molecule has 8 nitrogen and oxygen atoms in total. The van der Waals surface area contributed by atoms with Crippen LogP contribution in [-0.2, 0) is 22.6 Å². The maximum absolute atomic E-state index is 6.05. The molecule has 0 N–H and O–H groups in total. The van der Waals surface area contributed by atoms with E-state index >= 15 is 0 Å². The van der Waals surface area contributed by atoms with E-state index in [9.17, 15) is 0 Å². The summed E-state index contributed by atoms with van der Waals surface area (Å²) in [5, 5.41) is 9.25. The fraction of sp³-hybridized carbons (Fsp3) is 0.500. The zero-order valence-electron chi connectivity index (χ0n) is 19.8. The Labute approximate surface area is 201 Å². The van der Waals surface area contributed by atoms with Crippen LogP contribution >= 0.6 is 0 Å². The Morgan fingerprint density at radius 3 is 2.47 bits per heavy atom. The molecule has 0 radical (unpaired) electrons. The van der Waals surface area contributed by atoms with Crippen LogP contribution in [0.1, 0.15) is 36.0 Å². The van der Waals surface area contributed by atoms with E-state index in [2.05, 4.69) is 72.0 Å². The molecular formula is C26H34N6O2. The summed E-state index contributed by atoms with van der Waals surface area (Å²) in [5.74, 6) is 3.43. The Morgan fingerprint density at radius 2 is 1.71 bits per heavy atom. The number of aromatic nitrogens is 4. The normalized spacial score (nSPS) is 17.8. The highest BCUT2D eigenvalue weighted by Gasteiger charge is 2.27. The summed E-state index contributed by atoms with van der Waals surface area (Å²) in [6.45, 7) is 8.41. The molecule has 0 atom stereocenters.